The third kappa shape index (κ3) is 3.66. The average Bonchev–Trinajstić information content (AvgIpc) is 3.41. The summed E-state index contributed by atoms with van der Waals surface area (Å²) in [6.45, 7) is 0.0142. The minimum absolute atomic E-state index is 0.0142. The number of rotatable bonds is 6. The van der Waals surface area contributed by atoms with Gasteiger partial charge in [-0.05, 0) is 42.0 Å². The van der Waals surface area contributed by atoms with Crippen molar-refractivity contribution in [1.82, 2.24) is 4.90 Å². The molecule has 0 aliphatic carbocycles. The number of hydrogen-bond acceptors (Lipinski definition) is 7. The van der Waals surface area contributed by atoms with Crippen LogP contribution >= 0.6 is 0 Å². The summed E-state index contributed by atoms with van der Waals surface area (Å²) in [6.07, 6.45) is 1.47. The minimum Gasteiger partial charge on any atom is -0.507 e. The molecule has 0 radical (unpaired) electrons. The molecule has 164 valence electrons. The molecule has 2 heterocycles. The van der Waals surface area contributed by atoms with Gasteiger partial charge in [0.15, 0.2) is 11.5 Å². The summed E-state index contributed by atoms with van der Waals surface area (Å²) in [5.74, 6) is -0.886. The van der Waals surface area contributed by atoms with E-state index in [1.807, 2.05) is 0 Å². The maximum Gasteiger partial charge on any atom is 0.296 e. The number of ether oxygens (including phenoxy) is 2. The number of carbonyl (C=O) groups excluding carboxylic acids is 2. The highest BCUT2D eigenvalue weighted by atomic mass is 16.5. The molecule has 1 aromatic heterocycles. The third-order valence-electron chi connectivity index (χ3n) is 5.31. The Hall–Kier alpha value is -4.20. The fraction of sp³-hybridized carbons (Fsp3) is 0.167. The molecule has 1 unspecified atom stereocenters. The summed E-state index contributed by atoms with van der Waals surface area (Å²) in [4.78, 5) is 27.4. The van der Waals surface area contributed by atoms with Crippen molar-refractivity contribution < 1.29 is 33.7 Å². The van der Waals surface area contributed by atoms with Gasteiger partial charge in [0.1, 0.15) is 17.3 Å². The first-order valence-corrected chi connectivity index (χ1v) is 9.76. The minimum atomic E-state index is -0.930. The molecule has 2 N–H and O–H groups in total. The molecular weight excluding hydrogens is 414 g/mol. The van der Waals surface area contributed by atoms with Gasteiger partial charge in [-0.3, -0.25) is 9.59 Å². The molecule has 0 bridgehead atoms. The van der Waals surface area contributed by atoms with Crippen molar-refractivity contribution in [3.05, 3.63) is 83.3 Å². The Morgan fingerprint density at radius 1 is 1.06 bits per heavy atom. The van der Waals surface area contributed by atoms with Gasteiger partial charge in [0, 0.05) is 5.56 Å². The first-order valence-electron chi connectivity index (χ1n) is 9.76. The quantitative estimate of drug-likeness (QED) is 0.346. The van der Waals surface area contributed by atoms with Gasteiger partial charge in [0.25, 0.3) is 11.7 Å². The monoisotopic (exact) mass is 435 g/mol. The zero-order chi connectivity index (χ0) is 22.8. The molecule has 1 atom stereocenters. The summed E-state index contributed by atoms with van der Waals surface area (Å²) in [6, 6.07) is 13.5. The third-order valence-corrected chi connectivity index (χ3v) is 5.31. The van der Waals surface area contributed by atoms with Crippen molar-refractivity contribution in [1.29, 1.82) is 0 Å². The van der Waals surface area contributed by atoms with Crippen LogP contribution in [0.4, 0.5) is 0 Å². The number of phenolic OH excluding ortho intramolecular Hbond substituents is 1. The standard InChI is InChI=1S/C24H21NO7/c1-30-16-6-3-5-15(11-16)22(27)20-21(14-8-9-18(26)19(12-14)31-2)25(24(29)23(20)28)13-17-7-4-10-32-17/h3-12,21,26-27H,13H2,1-2H3/b22-20+. The van der Waals surface area contributed by atoms with E-state index in [9.17, 15) is 19.8 Å². The van der Waals surface area contributed by atoms with E-state index in [0.29, 0.717) is 22.6 Å². The van der Waals surface area contributed by atoms with E-state index in [2.05, 4.69) is 0 Å². The van der Waals surface area contributed by atoms with Gasteiger partial charge in [-0.2, -0.15) is 0 Å². The number of methoxy groups -OCH3 is 2. The second-order valence-electron chi connectivity index (χ2n) is 7.17. The predicted octanol–water partition coefficient (Wildman–Crippen LogP) is 3.62. The van der Waals surface area contributed by atoms with E-state index < -0.39 is 17.7 Å². The van der Waals surface area contributed by atoms with Crippen molar-refractivity contribution in [3.63, 3.8) is 0 Å². The molecule has 32 heavy (non-hydrogen) atoms. The number of hydrogen-bond donors (Lipinski definition) is 2. The Morgan fingerprint density at radius 3 is 2.56 bits per heavy atom. The maximum atomic E-state index is 13.1. The highest BCUT2D eigenvalue weighted by molar-refractivity contribution is 6.46. The zero-order valence-electron chi connectivity index (χ0n) is 17.4. The van der Waals surface area contributed by atoms with Crippen LogP contribution in [0.2, 0.25) is 0 Å². The molecule has 3 aromatic rings. The van der Waals surface area contributed by atoms with Crippen molar-refractivity contribution in [2.45, 2.75) is 12.6 Å². The van der Waals surface area contributed by atoms with Crippen LogP contribution in [0.5, 0.6) is 17.2 Å². The topological polar surface area (TPSA) is 109 Å². The van der Waals surface area contributed by atoms with Crippen LogP contribution < -0.4 is 9.47 Å². The number of phenols is 1. The number of aliphatic hydroxyl groups excluding tert-OH is 1. The zero-order valence-corrected chi connectivity index (χ0v) is 17.4. The van der Waals surface area contributed by atoms with Crippen LogP contribution in [-0.4, -0.2) is 41.0 Å². The second kappa shape index (κ2) is 8.50. The molecule has 2 aromatic carbocycles. The maximum absolute atomic E-state index is 13.1. The van der Waals surface area contributed by atoms with Gasteiger partial charge >= 0.3 is 0 Å². The van der Waals surface area contributed by atoms with Gasteiger partial charge in [-0.15, -0.1) is 0 Å². The second-order valence-corrected chi connectivity index (χ2v) is 7.17. The SMILES string of the molecule is COc1cccc(/C(O)=C2\C(=O)C(=O)N(Cc3ccco3)C2c2ccc(O)c(OC)c2)c1. The smallest absolute Gasteiger partial charge is 0.296 e. The van der Waals surface area contributed by atoms with Gasteiger partial charge in [-0.1, -0.05) is 18.2 Å². The fourth-order valence-corrected chi connectivity index (χ4v) is 3.75. The van der Waals surface area contributed by atoms with Crippen LogP contribution in [0.25, 0.3) is 5.76 Å². The van der Waals surface area contributed by atoms with Gasteiger partial charge in [-0.25, -0.2) is 0 Å². The molecule has 8 nitrogen and oxygen atoms in total. The molecule has 1 saturated heterocycles. The lowest BCUT2D eigenvalue weighted by molar-refractivity contribution is -0.140. The molecule has 1 aliphatic rings. The Balaban J connectivity index is 1.90. The van der Waals surface area contributed by atoms with E-state index >= 15 is 0 Å². The highest BCUT2D eigenvalue weighted by Crippen LogP contribution is 2.42. The van der Waals surface area contributed by atoms with E-state index in [-0.39, 0.29) is 29.4 Å². The fourth-order valence-electron chi connectivity index (χ4n) is 3.75. The number of likely N-dealkylation sites (tertiary alicyclic amines) is 1. The molecule has 0 spiro atoms. The molecule has 1 aliphatic heterocycles. The largest absolute Gasteiger partial charge is 0.507 e. The Morgan fingerprint density at radius 2 is 1.88 bits per heavy atom. The molecule has 4 rings (SSSR count). The Labute approximate surface area is 183 Å². The number of benzene rings is 2. The normalized spacial score (nSPS) is 17.6. The summed E-state index contributed by atoms with van der Waals surface area (Å²) >= 11 is 0. The molecule has 1 amide bonds. The predicted molar refractivity (Wildman–Crippen MR) is 114 cm³/mol. The number of furan rings is 1. The van der Waals surface area contributed by atoms with E-state index in [1.54, 1.807) is 42.5 Å². The van der Waals surface area contributed by atoms with Crippen LogP contribution in [0.15, 0.2) is 70.9 Å². The number of nitrogens with zero attached hydrogens (tertiary/aromatic N) is 1. The van der Waals surface area contributed by atoms with Crippen LogP contribution in [0, 0.1) is 0 Å². The first-order chi connectivity index (χ1) is 15.4. The Kier molecular flexibility index (Phi) is 5.59. The van der Waals surface area contributed by atoms with Gasteiger partial charge < -0.3 is 29.0 Å². The number of ketones is 1. The first kappa shape index (κ1) is 21.0. The van der Waals surface area contributed by atoms with Crippen LogP contribution in [-0.2, 0) is 16.1 Å². The molecule has 0 saturated carbocycles. The summed E-state index contributed by atoms with van der Waals surface area (Å²) in [5.41, 5.74) is 0.730. The van der Waals surface area contributed by atoms with Gasteiger partial charge in [0.2, 0.25) is 0 Å². The molecular formula is C24H21NO7. The lowest BCUT2D eigenvalue weighted by Gasteiger charge is -2.25. The summed E-state index contributed by atoms with van der Waals surface area (Å²) in [5, 5.41) is 21.1. The average molecular weight is 435 g/mol. The number of aromatic hydroxyl groups is 1. The summed E-state index contributed by atoms with van der Waals surface area (Å²) in [7, 11) is 2.89. The van der Waals surface area contributed by atoms with Gasteiger partial charge in [0.05, 0.1) is 38.6 Å². The lowest BCUT2D eigenvalue weighted by Crippen LogP contribution is -2.29. The van der Waals surface area contributed by atoms with Crippen molar-refractivity contribution in [3.8, 4) is 17.2 Å². The van der Waals surface area contributed by atoms with E-state index in [4.69, 9.17) is 13.9 Å². The number of carbonyl (C=O) groups is 2. The van der Waals surface area contributed by atoms with Crippen molar-refractivity contribution in [2.75, 3.05) is 14.2 Å². The highest BCUT2D eigenvalue weighted by Gasteiger charge is 2.46. The van der Waals surface area contributed by atoms with Crippen molar-refractivity contribution >= 4 is 17.4 Å². The van der Waals surface area contributed by atoms with E-state index in [0.717, 1.165) is 0 Å². The van der Waals surface area contributed by atoms with Crippen molar-refractivity contribution in [2.24, 2.45) is 0 Å². The number of amides is 1. The van der Waals surface area contributed by atoms with Crippen LogP contribution in [0.1, 0.15) is 22.9 Å². The Bertz CT molecular complexity index is 1200. The van der Waals surface area contributed by atoms with E-state index in [1.165, 1.54) is 37.5 Å². The lowest BCUT2D eigenvalue weighted by atomic mass is 9.95. The number of Topliss-reactive ketones (excluding diaryl/α,β-unsaturated/α-hetero) is 1. The molecule has 1 fully saturated rings. The summed E-state index contributed by atoms with van der Waals surface area (Å²) < 4.78 is 15.8. The van der Waals surface area contributed by atoms with Crippen LogP contribution in [0.3, 0.4) is 0 Å². The number of aliphatic hydroxyl groups is 1. The molecule has 8 heteroatoms.